The number of hydrogen-bond acceptors (Lipinski definition) is 3. The zero-order valence-electron chi connectivity index (χ0n) is 11.1. The number of benzene rings is 1. The van der Waals surface area contributed by atoms with E-state index in [0.717, 1.165) is 31.6 Å². The van der Waals surface area contributed by atoms with Crippen molar-refractivity contribution in [2.45, 2.75) is 18.9 Å². The maximum absolute atomic E-state index is 13.2. The van der Waals surface area contributed by atoms with Crippen LogP contribution in [0.25, 0.3) is 0 Å². The fourth-order valence-electron chi connectivity index (χ4n) is 2.40. The number of halogens is 1. The maximum atomic E-state index is 13.2. The molecule has 1 N–H and O–H groups in total. The van der Waals surface area contributed by atoms with Crippen molar-refractivity contribution in [2.24, 2.45) is 0 Å². The standard InChI is InChI=1S/C14H19FN2OS/c1-19-10-14(18)16-12-5-3-7-17(9-12)13-6-2-4-11(15)8-13/h2,4,6,8,12H,3,5,7,9-10H2,1H3,(H,16,18)/t12-/m0/s1. The van der Waals surface area contributed by atoms with Crippen LogP contribution in [-0.2, 0) is 4.79 Å². The van der Waals surface area contributed by atoms with Gasteiger partial charge < -0.3 is 10.2 Å². The fourth-order valence-corrected chi connectivity index (χ4v) is 2.75. The van der Waals surface area contributed by atoms with Gasteiger partial charge in [0.05, 0.1) is 5.75 Å². The molecule has 0 unspecified atom stereocenters. The van der Waals surface area contributed by atoms with Crippen molar-refractivity contribution in [3.63, 3.8) is 0 Å². The van der Waals surface area contributed by atoms with Crippen LogP contribution in [0.2, 0.25) is 0 Å². The number of hydrogen-bond donors (Lipinski definition) is 1. The van der Waals surface area contributed by atoms with Crippen molar-refractivity contribution in [2.75, 3.05) is 30.0 Å². The van der Waals surface area contributed by atoms with Crippen LogP contribution < -0.4 is 10.2 Å². The van der Waals surface area contributed by atoms with Crippen LogP contribution in [0.1, 0.15) is 12.8 Å². The molecule has 0 spiro atoms. The predicted octanol–water partition coefficient (Wildman–Crippen LogP) is 2.27. The molecule has 1 saturated heterocycles. The van der Waals surface area contributed by atoms with Crippen molar-refractivity contribution < 1.29 is 9.18 Å². The minimum atomic E-state index is -0.217. The van der Waals surface area contributed by atoms with E-state index in [-0.39, 0.29) is 17.8 Å². The molecule has 0 radical (unpaired) electrons. The van der Waals surface area contributed by atoms with E-state index < -0.39 is 0 Å². The molecule has 3 nitrogen and oxygen atoms in total. The average Bonchev–Trinajstić information content (AvgIpc) is 2.39. The van der Waals surface area contributed by atoms with Gasteiger partial charge in [-0.25, -0.2) is 4.39 Å². The van der Waals surface area contributed by atoms with Crippen molar-refractivity contribution in [1.29, 1.82) is 0 Å². The second-order valence-corrected chi connectivity index (χ2v) is 5.63. The van der Waals surface area contributed by atoms with Gasteiger partial charge in [-0.1, -0.05) is 6.07 Å². The van der Waals surface area contributed by atoms with Crippen LogP contribution in [0.5, 0.6) is 0 Å². The molecule has 0 bridgehead atoms. The van der Waals surface area contributed by atoms with Gasteiger partial charge in [0.2, 0.25) is 5.91 Å². The summed E-state index contributed by atoms with van der Waals surface area (Å²) < 4.78 is 13.2. The minimum absolute atomic E-state index is 0.0820. The number of piperidine rings is 1. The highest BCUT2D eigenvalue weighted by Crippen LogP contribution is 2.20. The van der Waals surface area contributed by atoms with E-state index in [2.05, 4.69) is 10.2 Å². The Morgan fingerprint density at radius 2 is 2.42 bits per heavy atom. The van der Waals surface area contributed by atoms with Gasteiger partial charge in [-0.3, -0.25) is 4.79 Å². The molecule has 0 saturated carbocycles. The molecule has 0 aliphatic carbocycles. The summed E-state index contributed by atoms with van der Waals surface area (Å²) in [5.41, 5.74) is 0.892. The molecule has 1 fully saturated rings. The molecule has 1 heterocycles. The topological polar surface area (TPSA) is 32.3 Å². The van der Waals surface area contributed by atoms with Gasteiger partial charge in [0.1, 0.15) is 5.82 Å². The molecule has 0 aromatic heterocycles. The second kappa shape index (κ2) is 6.80. The lowest BCUT2D eigenvalue weighted by Crippen LogP contribution is -2.48. The quantitative estimate of drug-likeness (QED) is 0.919. The number of anilines is 1. The monoisotopic (exact) mass is 282 g/mol. The first kappa shape index (κ1) is 14.2. The normalized spacial score (nSPS) is 19.3. The van der Waals surface area contributed by atoms with Crippen molar-refractivity contribution >= 4 is 23.4 Å². The Hall–Kier alpha value is -1.23. The van der Waals surface area contributed by atoms with Crippen molar-refractivity contribution in [1.82, 2.24) is 5.32 Å². The Balaban J connectivity index is 1.95. The Kier molecular flexibility index (Phi) is 5.07. The molecule has 2 rings (SSSR count). The zero-order chi connectivity index (χ0) is 13.7. The van der Waals surface area contributed by atoms with E-state index in [1.54, 1.807) is 12.1 Å². The molecular formula is C14H19FN2OS. The highest BCUT2D eigenvalue weighted by molar-refractivity contribution is 7.99. The van der Waals surface area contributed by atoms with Crippen molar-refractivity contribution in [3.8, 4) is 0 Å². The van der Waals surface area contributed by atoms with Crippen molar-refractivity contribution in [3.05, 3.63) is 30.1 Å². The van der Waals surface area contributed by atoms with Crippen LogP contribution in [-0.4, -0.2) is 37.0 Å². The third kappa shape index (κ3) is 4.13. The number of rotatable bonds is 4. The summed E-state index contributed by atoms with van der Waals surface area (Å²) in [7, 11) is 0. The summed E-state index contributed by atoms with van der Waals surface area (Å²) in [5, 5.41) is 3.04. The van der Waals surface area contributed by atoms with Gasteiger partial charge in [-0.15, -0.1) is 0 Å². The second-order valence-electron chi connectivity index (χ2n) is 4.77. The van der Waals surface area contributed by atoms with E-state index in [1.165, 1.54) is 17.8 Å². The number of thioether (sulfide) groups is 1. The van der Waals surface area contributed by atoms with Gasteiger partial charge in [0, 0.05) is 24.8 Å². The third-order valence-corrected chi connectivity index (χ3v) is 3.79. The molecule has 104 valence electrons. The van der Waals surface area contributed by atoms with Gasteiger partial charge >= 0.3 is 0 Å². The van der Waals surface area contributed by atoms with E-state index in [0.29, 0.717) is 5.75 Å². The van der Waals surface area contributed by atoms with Gasteiger partial charge in [-0.2, -0.15) is 11.8 Å². The molecule has 1 atom stereocenters. The molecular weight excluding hydrogens is 263 g/mol. The lowest BCUT2D eigenvalue weighted by molar-refractivity contribution is -0.119. The molecule has 5 heteroatoms. The smallest absolute Gasteiger partial charge is 0.230 e. The highest BCUT2D eigenvalue weighted by Gasteiger charge is 2.21. The molecule has 1 aliphatic heterocycles. The molecule has 1 amide bonds. The number of nitrogens with zero attached hydrogens (tertiary/aromatic N) is 1. The lowest BCUT2D eigenvalue weighted by Gasteiger charge is -2.34. The Morgan fingerprint density at radius 1 is 1.58 bits per heavy atom. The van der Waals surface area contributed by atoms with Crippen LogP contribution in [0.4, 0.5) is 10.1 Å². The Morgan fingerprint density at radius 3 is 3.16 bits per heavy atom. The first-order valence-electron chi connectivity index (χ1n) is 6.48. The van der Waals surface area contributed by atoms with Gasteiger partial charge in [-0.05, 0) is 37.3 Å². The summed E-state index contributed by atoms with van der Waals surface area (Å²) in [4.78, 5) is 13.7. The van der Waals surface area contributed by atoms with Gasteiger partial charge in [0.25, 0.3) is 0 Å². The number of amides is 1. The SMILES string of the molecule is CSCC(=O)N[C@H]1CCCN(c2cccc(F)c2)C1. The number of carbonyl (C=O) groups is 1. The van der Waals surface area contributed by atoms with E-state index in [9.17, 15) is 9.18 Å². The molecule has 19 heavy (non-hydrogen) atoms. The third-order valence-electron chi connectivity index (χ3n) is 3.24. The molecule has 1 aliphatic rings. The summed E-state index contributed by atoms with van der Waals surface area (Å²) in [6, 6.07) is 6.80. The van der Waals surface area contributed by atoms with E-state index >= 15 is 0 Å². The molecule has 1 aromatic carbocycles. The average molecular weight is 282 g/mol. The predicted molar refractivity (Wildman–Crippen MR) is 78.2 cm³/mol. The number of carbonyl (C=O) groups excluding carboxylic acids is 1. The summed E-state index contributed by atoms with van der Waals surface area (Å²) >= 11 is 1.52. The Labute approximate surface area is 117 Å². The summed E-state index contributed by atoms with van der Waals surface area (Å²) in [6.07, 6.45) is 3.92. The van der Waals surface area contributed by atoms with Crippen LogP contribution in [0, 0.1) is 5.82 Å². The van der Waals surface area contributed by atoms with Crippen LogP contribution >= 0.6 is 11.8 Å². The van der Waals surface area contributed by atoms with Crippen LogP contribution in [0.15, 0.2) is 24.3 Å². The van der Waals surface area contributed by atoms with E-state index in [1.807, 2.05) is 12.3 Å². The Bertz CT molecular complexity index is 441. The first-order valence-corrected chi connectivity index (χ1v) is 7.87. The summed E-state index contributed by atoms with van der Waals surface area (Å²) in [5.74, 6) is 0.362. The lowest BCUT2D eigenvalue weighted by atomic mass is 10.0. The maximum Gasteiger partial charge on any atom is 0.230 e. The highest BCUT2D eigenvalue weighted by atomic mass is 32.2. The number of nitrogens with one attached hydrogen (secondary N) is 1. The molecule has 1 aromatic rings. The summed E-state index contributed by atoms with van der Waals surface area (Å²) in [6.45, 7) is 1.67. The zero-order valence-corrected chi connectivity index (χ0v) is 11.9. The largest absolute Gasteiger partial charge is 0.369 e. The fraction of sp³-hybridized carbons (Fsp3) is 0.500. The van der Waals surface area contributed by atoms with Crippen LogP contribution in [0.3, 0.4) is 0 Å². The van der Waals surface area contributed by atoms with Gasteiger partial charge in [0.15, 0.2) is 0 Å². The minimum Gasteiger partial charge on any atom is -0.369 e. The van der Waals surface area contributed by atoms with E-state index in [4.69, 9.17) is 0 Å². The first-order chi connectivity index (χ1) is 9.19.